The van der Waals surface area contributed by atoms with E-state index >= 15 is 0 Å². The Morgan fingerprint density at radius 2 is 1.73 bits per heavy atom. The second-order valence-electron chi connectivity index (χ2n) is 7.03. The van der Waals surface area contributed by atoms with E-state index < -0.39 is 12.3 Å². The number of carbonyl (C=O) groups is 1. The Hall–Kier alpha value is -3.53. The Bertz CT molecular complexity index is 956. The van der Waals surface area contributed by atoms with Gasteiger partial charge in [0.25, 0.3) is 0 Å². The topological polar surface area (TPSA) is 134 Å². The predicted octanol–water partition coefficient (Wildman–Crippen LogP) is 1.80. The first-order valence-electron chi connectivity index (χ1n) is 9.29. The third kappa shape index (κ3) is 3.35. The first kappa shape index (κ1) is 19.8. The van der Waals surface area contributed by atoms with Gasteiger partial charge in [0.1, 0.15) is 5.75 Å². The zero-order valence-electron chi connectivity index (χ0n) is 16.7. The quantitative estimate of drug-likeness (QED) is 0.541. The van der Waals surface area contributed by atoms with Gasteiger partial charge in [0.2, 0.25) is 12.5 Å². The number of hydrogen-bond acceptors (Lipinski definition) is 8. The fourth-order valence-electron chi connectivity index (χ4n) is 3.87. The van der Waals surface area contributed by atoms with E-state index in [-0.39, 0.29) is 35.9 Å². The number of nitrogens with one attached hydrogen (secondary N) is 2. The Morgan fingerprint density at radius 3 is 2.33 bits per heavy atom. The first-order chi connectivity index (χ1) is 14.4. The van der Waals surface area contributed by atoms with Crippen molar-refractivity contribution in [3.8, 4) is 34.5 Å². The molecule has 10 heteroatoms. The standard InChI is InChI=1S/C20H23N3O7/c1-9-17(10-4-15(26-2)18(24)16(5-10)27-3)11-6-13-14(29-8-28-13)7-12(11)30-19(9)22-23-20(21)25/h4-7,9,17,19,22,24H,8H2,1-3H3,(H3,21,23,25)/t9-,17-,19-/m1/s1. The van der Waals surface area contributed by atoms with E-state index in [0.717, 1.165) is 11.1 Å². The minimum atomic E-state index is -0.730. The zero-order valence-corrected chi connectivity index (χ0v) is 16.7. The van der Waals surface area contributed by atoms with Gasteiger partial charge in [-0.15, -0.1) is 0 Å². The summed E-state index contributed by atoms with van der Waals surface area (Å²) in [4.78, 5) is 11.2. The van der Waals surface area contributed by atoms with Crippen LogP contribution in [0, 0.1) is 5.92 Å². The molecule has 30 heavy (non-hydrogen) atoms. The lowest BCUT2D eigenvalue weighted by molar-refractivity contribution is 0.0691. The number of carbonyl (C=O) groups excluding carboxylic acids is 1. The van der Waals surface area contributed by atoms with E-state index in [2.05, 4.69) is 10.9 Å². The highest BCUT2D eigenvalue weighted by molar-refractivity contribution is 5.71. The van der Waals surface area contributed by atoms with Crippen LogP contribution < -0.4 is 40.3 Å². The molecular weight excluding hydrogens is 394 g/mol. The van der Waals surface area contributed by atoms with Crippen LogP contribution in [0.4, 0.5) is 4.79 Å². The van der Waals surface area contributed by atoms with Crippen LogP contribution in [0.5, 0.6) is 34.5 Å². The van der Waals surface area contributed by atoms with Crippen molar-refractivity contribution in [1.29, 1.82) is 0 Å². The maximum Gasteiger partial charge on any atom is 0.326 e. The van der Waals surface area contributed by atoms with Gasteiger partial charge in [-0.3, -0.25) is 5.43 Å². The van der Waals surface area contributed by atoms with Crippen LogP contribution in [0.3, 0.4) is 0 Å². The van der Waals surface area contributed by atoms with Crippen LogP contribution in [-0.2, 0) is 0 Å². The van der Waals surface area contributed by atoms with Crippen molar-refractivity contribution in [3.63, 3.8) is 0 Å². The molecule has 2 aromatic rings. The number of hydrazine groups is 1. The smallest absolute Gasteiger partial charge is 0.326 e. The average molecular weight is 417 g/mol. The Labute approximate surface area is 172 Å². The number of nitrogens with two attached hydrogens (primary N) is 1. The average Bonchev–Trinajstić information content (AvgIpc) is 3.18. The summed E-state index contributed by atoms with van der Waals surface area (Å²) >= 11 is 0. The van der Waals surface area contributed by atoms with Crippen LogP contribution in [0.2, 0.25) is 0 Å². The van der Waals surface area contributed by atoms with Crippen molar-refractivity contribution in [2.75, 3.05) is 21.0 Å². The number of ether oxygens (including phenoxy) is 5. The molecule has 2 aliphatic heterocycles. The molecule has 160 valence electrons. The molecule has 0 fully saturated rings. The predicted molar refractivity (Wildman–Crippen MR) is 105 cm³/mol. The molecule has 0 saturated carbocycles. The maximum atomic E-state index is 11.2. The van der Waals surface area contributed by atoms with Gasteiger partial charge in [-0.05, 0) is 23.8 Å². The fourth-order valence-corrected chi connectivity index (χ4v) is 3.87. The Morgan fingerprint density at radius 1 is 1.10 bits per heavy atom. The fraction of sp³-hybridized carbons (Fsp3) is 0.350. The third-order valence-corrected chi connectivity index (χ3v) is 5.30. The highest BCUT2D eigenvalue weighted by Gasteiger charge is 2.39. The van der Waals surface area contributed by atoms with Gasteiger partial charge in [-0.1, -0.05) is 6.92 Å². The Kier molecular flexibility index (Phi) is 5.08. The number of urea groups is 1. The van der Waals surface area contributed by atoms with E-state index in [4.69, 9.17) is 29.4 Å². The number of aromatic hydroxyl groups is 1. The third-order valence-electron chi connectivity index (χ3n) is 5.30. The van der Waals surface area contributed by atoms with Crippen molar-refractivity contribution < 1.29 is 33.6 Å². The lowest BCUT2D eigenvalue weighted by Crippen LogP contribution is -2.54. The summed E-state index contributed by atoms with van der Waals surface area (Å²) in [5, 5.41) is 10.3. The molecule has 2 aliphatic rings. The summed E-state index contributed by atoms with van der Waals surface area (Å²) in [5.41, 5.74) is 12.1. The van der Waals surface area contributed by atoms with Gasteiger partial charge in [0, 0.05) is 23.5 Å². The molecule has 0 unspecified atom stereocenters. The Balaban J connectivity index is 1.83. The van der Waals surface area contributed by atoms with Crippen LogP contribution in [0.25, 0.3) is 0 Å². The van der Waals surface area contributed by atoms with Gasteiger partial charge in [-0.25, -0.2) is 4.79 Å². The molecule has 2 heterocycles. The van der Waals surface area contributed by atoms with Gasteiger partial charge in [0.15, 0.2) is 29.2 Å². The second-order valence-corrected chi connectivity index (χ2v) is 7.03. The van der Waals surface area contributed by atoms with Crippen molar-refractivity contribution in [3.05, 3.63) is 35.4 Å². The molecule has 3 atom stereocenters. The van der Waals surface area contributed by atoms with Crippen LogP contribution in [-0.4, -0.2) is 38.4 Å². The highest BCUT2D eigenvalue weighted by Crippen LogP contribution is 2.50. The summed E-state index contributed by atoms with van der Waals surface area (Å²) in [5.74, 6) is 1.84. The lowest BCUT2D eigenvalue weighted by Gasteiger charge is -2.38. The molecular formula is C20H23N3O7. The highest BCUT2D eigenvalue weighted by atomic mass is 16.7. The van der Waals surface area contributed by atoms with E-state index in [1.807, 2.05) is 13.0 Å². The molecule has 2 aromatic carbocycles. The molecule has 0 aliphatic carbocycles. The van der Waals surface area contributed by atoms with E-state index in [0.29, 0.717) is 17.2 Å². The maximum absolute atomic E-state index is 11.2. The molecule has 0 aromatic heterocycles. The summed E-state index contributed by atoms with van der Waals surface area (Å²) in [7, 11) is 2.94. The van der Waals surface area contributed by atoms with Crippen molar-refractivity contribution >= 4 is 6.03 Å². The molecule has 0 spiro atoms. The van der Waals surface area contributed by atoms with E-state index in [1.54, 1.807) is 18.2 Å². The van der Waals surface area contributed by atoms with Crippen LogP contribution in [0.1, 0.15) is 24.0 Å². The first-order valence-corrected chi connectivity index (χ1v) is 9.29. The van der Waals surface area contributed by atoms with Crippen LogP contribution >= 0.6 is 0 Å². The van der Waals surface area contributed by atoms with Crippen LogP contribution in [0.15, 0.2) is 24.3 Å². The lowest BCUT2D eigenvalue weighted by atomic mass is 9.78. The van der Waals surface area contributed by atoms with Gasteiger partial charge in [0.05, 0.1) is 14.2 Å². The molecule has 0 saturated heterocycles. The number of hydrogen-bond donors (Lipinski definition) is 4. The number of phenolic OH excluding ortho intramolecular Hbond substituents is 1. The number of methoxy groups -OCH3 is 2. The number of amides is 2. The van der Waals surface area contributed by atoms with Crippen molar-refractivity contribution in [2.45, 2.75) is 19.1 Å². The summed E-state index contributed by atoms with van der Waals surface area (Å²) in [6, 6.07) is 6.40. The number of benzene rings is 2. The summed E-state index contributed by atoms with van der Waals surface area (Å²) in [6.07, 6.45) is -0.596. The van der Waals surface area contributed by atoms with Gasteiger partial charge < -0.3 is 34.5 Å². The molecule has 10 nitrogen and oxygen atoms in total. The molecule has 0 radical (unpaired) electrons. The molecule has 5 N–H and O–H groups in total. The monoisotopic (exact) mass is 417 g/mol. The minimum absolute atomic E-state index is 0.0838. The zero-order chi connectivity index (χ0) is 21.4. The minimum Gasteiger partial charge on any atom is -0.502 e. The number of rotatable bonds is 5. The van der Waals surface area contributed by atoms with Gasteiger partial charge in [-0.2, -0.15) is 5.43 Å². The molecule has 0 bridgehead atoms. The number of phenols is 1. The number of primary amides is 1. The molecule has 2 amide bonds. The van der Waals surface area contributed by atoms with Gasteiger partial charge >= 0.3 is 6.03 Å². The van der Waals surface area contributed by atoms with E-state index in [1.165, 1.54) is 14.2 Å². The number of fused-ring (bicyclic) bond motifs is 2. The molecule has 4 rings (SSSR count). The largest absolute Gasteiger partial charge is 0.502 e. The van der Waals surface area contributed by atoms with Crippen molar-refractivity contribution in [2.24, 2.45) is 11.7 Å². The normalized spacial score (nSPS) is 21.4. The second kappa shape index (κ2) is 7.71. The SMILES string of the molecule is COc1cc([C@@H]2c3cc4c(cc3O[C@@H](NNC(N)=O)[C@@H]2C)OCO4)cc(OC)c1O. The van der Waals surface area contributed by atoms with Crippen molar-refractivity contribution in [1.82, 2.24) is 10.9 Å². The van der Waals surface area contributed by atoms with E-state index in [9.17, 15) is 9.90 Å². The summed E-state index contributed by atoms with van der Waals surface area (Å²) in [6.45, 7) is 2.09. The summed E-state index contributed by atoms with van der Waals surface area (Å²) < 4.78 is 27.7.